The lowest BCUT2D eigenvalue weighted by atomic mass is 9.97. The molecule has 4 rings (SSSR count). The van der Waals surface area contributed by atoms with Gasteiger partial charge >= 0.3 is 5.97 Å². The van der Waals surface area contributed by atoms with Crippen molar-refractivity contribution in [3.63, 3.8) is 0 Å². The third kappa shape index (κ3) is 8.21. The second-order valence-electron chi connectivity index (χ2n) is 9.68. The summed E-state index contributed by atoms with van der Waals surface area (Å²) in [6, 6.07) is 21.1. The zero-order chi connectivity index (χ0) is 25.5. The molecular weight excluding hydrogens is 509 g/mol. The summed E-state index contributed by atoms with van der Waals surface area (Å²) in [5, 5.41) is 24.1. The van der Waals surface area contributed by atoms with Gasteiger partial charge in [-0.1, -0.05) is 60.5 Å². The normalized spacial score (nSPS) is 15.4. The average Bonchev–Trinajstić information content (AvgIpc) is 2.88. The van der Waals surface area contributed by atoms with Crippen LogP contribution in [0, 0.1) is 0 Å². The number of carboxylic acids is 1. The average molecular weight is 545 g/mol. The molecule has 3 aromatic carbocycles. The molecule has 0 amide bonds. The minimum absolute atomic E-state index is 0. The van der Waals surface area contributed by atoms with Crippen molar-refractivity contribution in [2.24, 2.45) is 0 Å². The lowest BCUT2D eigenvalue weighted by molar-refractivity contribution is 0.0686. The van der Waals surface area contributed by atoms with Crippen molar-refractivity contribution in [3.05, 3.63) is 88.4 Å². The van der Waals surface area contributed by atoms with Gasteiger partial charge in [-0.3, -0.25) is 0 Å². The number of hydrogen-bond acceptors (Lipinski definition) is 4. The van der Waals surface area contributed by atoms with E-state index in [9.17, 15) is 15.0 Å². The van der Waals surface area contributed by atoms with Gasteiger partial charge in [-0.2, -0.15) is 0 Å². The highest BCUT2D eigenvalue weighted by atomic mass is 35.5. The van der Waals surface area contributed by atoms with E-state index in [1.54, 1.807) is 18.2 Å². The van der Waals surface area contributed by atoms with Crippen molar-refractivity contribution in [3.8, 4) is 16.9 Å². The van der Waals surface area contributed by atoms with Crippen molar-refractivity contribution in [1.29, 1.82) is 0 Å². The fourth-order valence-corrected chi connectivity index (χ4v) is 4.94. The van der Waals surface area contributed by atoms with Crippen LogP contribution in [0.15, 0.2) is 66.7 Å². The van der Waals surface area contributed by atoms with Gasteiger partial charge in [0.25, 0.3) is 0 Å². The number of halogens is 2. The van der Waals surface area contributed by atoms with E-state index in [0.717, 1.165) is 48.8 Å². The second kappa shape index (κ2) is 13.8. The maximum absolute atomic E-state index is 11.7. The Labute approximate surface area is 230 Å². The SMILES string of the molecule is C[C@H](Cc1ccc(-c2ccc(C(=O)O)c(OC3CCCCC3)c2)cc1)NC[C@H](O)c1cccc(Cl)c1.Cl. The zero-order valence-electron chi connectivity index (χ0n) is 21.0. The second-order valence-corrected chi connectivity index (χ2v) is 10.1. The fraction of sp³-hybridized carbons (Fsp3) is 0.367. The van der Waals surface area contributed by atoms with Crippen LogP contribution < -0.4 is 10.1 Å². The van der Waals surface area contributed by atoms with E-state index in [-0.39, 0.29) is 30.1 Å². The summed E-state index contributed by atoms with van der Waals surface area (Å²) < 4.78 is 6.15. The molecule has 0 saturated heterocycles. The van der Waals surface area contributed by atoms with Gasteiger partial charge < -0.3 is 20.3 Å². The number of hydrogen-bond donors (Lipinski definition) is 3. The Balaban J connectivity index is 0.00000380. The minimum atomic E-state index is -0.968. The van der Waals surface area contributed by atoms with Gasteiger partial charge in [-0.05, 0) is 85.5 Å². The van der Waals surface area contributed by atoms with Gasteiger partial charge in [0.05, 0.1) is 12.2 Å². The van der Waals surface area contributed by atoms with Crippen LogP contribution in [0.1, 0.15) is 66.6 Å². The predicted molar refractivity (Wildman–Crippen MR) is 151 cm³/mol. The molecule has 3 N–H and O–H groups in total. The first-order chi connectivity index (χ1) is 17.4. The van der Waals surface area contributed by atoms with Gasteiger partial charge in [-0.15, -0.1) is 12.4 Å². The Kier molecular flexibility index (Phi) is 10.8. The van der Waals surface area contributed by atoms with Gasteiger partial charge in [-0.25, -0.2) is 4.79 Å². The highest BCUT2D eigenvalue weighted by Crippen LogP contribution is 2.31. The van der Waals surface area contributed by atoms with Crippen LogP contribution in [-0.2, 0) is 6.42 Å². The first kappa shape index (κ1) is 29.0. The van der Waals surface area contributed by atoms with E-state index in [1.807, 2.05) is 24.3 Å². The van der Waals surface area contributed by atoms with Crippen LogP contribution in [0.25, 0.3) is 11.1 Å². The summed E-state index contributed by atoms with van der Waals surface area (Å²) in [5.74, 6) is -0.517. The summed E-state index contributed by atoms with van der Waals surface area (Å²) in [6.07, 6.45) is 5.70. The Bertz CT molecular complexity index is 1160. The predicted octanol–water partition coefficient (Wildman–Crippen LogP) is 7.09. The van der Waals surface area contributed by atoms with E-state index in [2.05, 4.69) is 36.5 Å². The van der Waals surface area contributed by atoms with E-state index in [1.165, 1.54) is 12.0 Å². The molecule has 7 heteroatoms. The molecule has 0 spiro atoms. The van der Waals surface area contributed by atoms with E-state index in [0.29, 0.717) is 17.3 Å². The first-order valence-corrected chi connectivity index (χ1v) is 13.1. The lowest BCUT2D eigenvalue weighted by Gasteiger charge is -2.24. The van der Waals surface area contributed by atoms with Gasteiger partial charge in [0.1, 0.15) is 11.3 Å². The third-order valence-corrected chi connectivity index (χ3v) is 7.02. The highest BCUT2D eigenvalue weighted by molar-refractivity contribution is 6.30. The first-order valence-electron chi connectivity index (χ1n) is 12.7. The van der Waals surface area contributed by atoms with Crippen LogP contribution in [-0.4, -0.2) is 34.9 Å². The minimum Gasteiger partial charge on any atom is -0.490 e. The number of aliphatic hydroxyl groups excluding tert-OH is 1. The Morgan fingerprint density at radius 2 is 1.73 bits per heavy atom. The largest absolute Gasteiger partial charge is 0.490 e. The van der Waals surface area contributed by atoms with Crippen molar-refractivity contribution in [1.82, 2.24) is 5.32 Å². The Morgan fingerprint density at radius 3 is 2.41 bits per heavy atom. The number of aromatic carboxylic acids is 1. The van der Waals surface area contributed by atoms with E-state index >= 15 is 0 Å². The molecule has 1 saturated carbocycles. The molecule has 37 heavy (non-hydrogen) atoms. The van der Waals surface area contributed by atoms with E-state index in [4.69, 9.17) is 16.3 Å². The monoisotopic (exact) mass is 543 g/mol. The number of rotatable bonds is 10. The van der Waals surface area contributed by atoms with Crippen molar-refractivity contribution < 1.29 is 19.7 Å². The molecule has 5 nitrogen and oxygen atoms in total. The van der Waals surface area contributed by atoms with Crippen molar-refractivity contribution in [2.45, 2.75) is 63.7 Å². The quantitative estimate of drug-likeness (QED) is 0.254. The number of aliphatic hydroxyl groups is 1. The van der Waals surface area contributed by atoms with E-state index < -0.39 is 12.1 Å². The number of carboxylic acid groups (broad SMARTS) is 1. The van der Waals surface area contributed by atoms with Crippen LogP contribution in [0.2, 0.25) is 5.02 Å². The molecule has 0 unspecified atom stereocenters. The topological polar surface area (TPSA) is 78.8 Å². The van der Waals surface area contributed by atoms with Crippen LogP contribution in [0.5, 0.6) is 5.75 Å². The summed E-state index contributed by atoms with van der Waals surface area (Å²) >= 11 is 6.03. The third-order valence-electron chi connectivity index (χ3n) is 6.78. The molecule has 0 aliphatic heterocycles. The Morgan fingerprint density at radius 1 is 1.03 bits per heavy atom. The zero-order valence-corrected chi connectivity index (χ0v) is 22.6. The molecule has 0 radical (unpaired) electrons. The molecule has 1 aliphatic carbocycles. The maximum atomic E-state index is 11.7. The number of carbonyl (C=O) groups is 1. The van der Waals surface area contributed by atoms with Crippen LogP contribution in [0.4, 0.5) is 0 Å². The van der Waals surface area contributed by atoms with Crippen molar-refractivity contribution in [2.75, 3.05) is 6.54 Å². The molecule has 3 aromatic rings. The standard InChI is InChI=1S/C30H34ClNO4.ClH/c1-20(32-19-28(33)24-6-5-7-25(31)17-24)16-21-10-12-22(13-11-21)23-14-15-27(30(34)35)29(18-23)36-26-8-3-2-4-9-26;/h5-7,10-15,17-18,20,26,28,32-33H,2-4,8-9,16,19H2,1H3,(H,34,35);1H/t20-,28+;/m1./s1. The van der Waals surface area contributed by atoms with Crippen LogP contribution in [0.3, 0.4) is 0 Å². The lowest BCUT2D eigenvalue weighted by Crippen LogP contribution is -2.32. The van der Waals surface area contributed by atoms with Crippen LogP contribution >= 0.6 is 24.0 Å². The number of benzene rings is 3. The van der Waals surface area contributed by atoms with Crippen molar-refractivity contribution >= 4 is 30.0 Å². The summed E-state index contributed by atoms with van der Waals surface area (Å²) in [5.41, 5.74) is 4.14. The summed E-state index contributed by atoms with van der Waals surface area (Å²) in [4.78, 5) is 11.7. The van der Waals surface area contributed by atoms with Gasteiger partial charge in [0.15, 0.2) is 0 Å². The summed E-state index contributed by atoms with van der Waals surface area (Å²) in [7, 11) is 0. The summed E-state index contributed by atoms with van der Waals surface area (Å²) in [6.45, 7) is 2.54. The molecule has 1 fully saturated rings. The Hall–Kier alpha value is -2.57. The highest BCUT2D eigenvalue weighted by Gasteiger charge is 2.19. The molecule has 1 aliphatic rings. The molecule has 2 atom stereocenters. The molecule has 0 aromatic heterocycles. The molecule has 0 bridgehead atoms. The number of nitrogens with one attached hydrogen (secondary N) is 1. The van der Waals surface area contributed by atoms with Gasteiger partial charge in [0.2, 0.25) is 0 Å². The molecule has 198 valence electrons. The maximum Gasteiger partial charge on any atom is 0.339 e. The molecular formula is C30H35Cl2NO4. The van der Waals surface area contributed by atoms with Gasteiger partial charge in [0, 0.05) is 17.6 Å². The smallest absolute Gasteiger partial charge is 0.339 e. The number of ether oxygens (including phenoxy) is 1. The fourth-order valence-electron chi connectivity index (χ4n) is 4.74. The molecule has 0 heterocycles.